The third-order valence-corrected chi connectivity index (χ3v) is 4.56. The number of pyridine rings is 1. The van der Waals surface area contributed by atoms with E-state index in [0.717, 1.165) is 43.4 Å². The van der Waals surface area contributed by atoms with Crippen molar-refractivity contribution in [2.75, 3.05) is 32.0 Å². The highest BCUT2D eigenvalue weighted by molar-refractivity contribution is 6.31. The molecule has 1 atom stereocenters. The van der Waals surface area contributed by atoms with Gasteiger partial charge >= 0.3 is 0 Å². The molecule has 0 bridgehead atoms. The number of halogens is 1. The van der Waals surface area contributed by atoms with Gasteiger partial charge in [-0.05, 0) is 55.6 Å². The van der Waals surface area contributed by atoms with E-state index in [4.69, 9.17) is 22.4 Å². The Morgan fingerprint density at radius 2 is 2.09 bits per heavy atom. The SMILES string of the molecule is CCN(CCO)CCCC(C)c1cc(N)nc2cc(Cl)ccc12. The highest BCUT2D eigenvalue weighted by Crippen LogP contribution is 2.30. The molecule has 1 aromatic carbocycles. The van der Waals surface area contributed by atoms with E-state index in [0.29, 0.717) is 16.8 Å². The second-order valence-electron chi connectivity index (χ2n) is 6.00. The molecule has 0 aliphatic heterocycles. The van der Waals surface area contributed by atoms with E-state index >= 15 is 0 Å². The molecule has 4 nitrogen and oxygen atoms in total. The molecule has 0 amide bonds. The zero-order valence-electron chi connectivity index (χ0n) is 13.9. The maximum Gasteiger partial charge on any atom is 0.124 e. The van der Waals surface area contributed by atoms with Crippen molar-refractivity contribution >= 4 is 28.3 Å². The Bertz CT molecular complexity index is 642. The van der Waals surface area contributed by atoms with Crippen LogP contribution in [-0.2, 0) is 0 Å². The van der Waals surface area contributed by atoms with Gasteiger partial charge in [0.05, 0.1) is 12.1 Å². The van der Waals surface area contributed by atoms with Gasteiger partial charge in [0.15, 0.2) is 0 Å². The standard InChI is InChI=1S/C18H26ClN3O/c1-3-22(9-10-23)8-4-5-13(2)16-12-18(20)21-17-11-14(19)6-7-15(16)17/h6-7,11-13,23H,3-5,8-10H2,1-2H3,(H2,20,21). The largest absolute Gasteiger partial charge is 0.395 e. The first-order valence-corrected chi connectivity index (χ1v) is 8.61. The average Bonchev–Trinajstić information content (AvgIpc) is 2.52. The van der Waals surface area contributed by atoms with E-state index in [1.807, 2.05) is 24.3 Å². The molecule has 5 heteroatoms. The minimum atomic E-state index is 0.218. The number of benzene rings is 1. The van der Waals surface area contributed by atoms with Gasteiger partial charge in [-0.15, -0.1) is 0 Å². The van der Waals surface area contributed by atoms with Gasteiger partial charge in [0.25, 0.3) is 0 Å². The summed E-state index contributed by atoms with van der Waals surface area (Å²) in [5.74, 6) is 0.939. The Morgan fingerprint density at radius 1 is 1.30 bits per heavy atom. The summed E-state index contributed by atoms with van der Waals surface area (Å²) in [6.45, 7) is 7.29. The third kappa shape index (κ3) is 4.80. The predicted octanol–water partition coefficient (Wildman–Crippen LogP) is 3.67. The normalized spacial score (nSPS) is 12.9. The van der Waals surface area contributed by atoms with Gasteiger partial charge in [-0.3, -0.25) is 0 Å². The van der Waals surface area contributed by atoms with Gasteiger partial charge in [0.2, 0.25) is 0 Å². The molecule has 0 radical (unpaired) electrons. The lowest BCUT2D eigenvalue weighted by molar-refractivity contribution is 0.199. The summed E-state index contributed by atoms with van der Waals surface area (Å²) in [6, 6.07) is 7.77. The monoisotopic (exact) mass is 335 g/mol. The number of rotatable bonds is 8. The van der Waals surface area contributed by atoms with E-state index in [2.05, 4.69) is 23.7 Å². The molecule has 3 N–H and O–H groups in total. The molecule has 0 aliphatic carbocycles. The Morgan fingerprint density at radius 3 is 2.78 bits per heavy atom. The average molecular weight is 336 g/mol. The van der Waals surface area contributed by atoms with Crippen LogP contribution in [0.2, 0.25) is 5.02 Å². The van der Waals surface area contributed by atoms with E-state index in [1.165, 1.54) is 5.56 Å². The number of nitrogens with two attached hydrogens (primary N) is 1. The second kappa shape index (κ2) is 8.48. The summed E-state index contributed by atoms with van der Waals surface area (Å²) in [7, 11) is 0. The summed E-state index contributed by atoms with van der Waals surface area (Å²) in [6.07, 6.45) is 2.16. The molecule has 1 aromatic heterocycles. The maximum absolute atomic E-state index is 9.05. The number of likely N-dealkylation sites (N-methyl/N-ethyl adjacent to an activating group) is 1. The van der Waals surface area contributed by atoms with Crippen molar-refractivity contribution in [1.29, 1.82) is 0 Å². The van der Waals surface area contributed by atoms with Crippen molar-refractivity contribution in [2.45, 2.75) is 32.6 Å². The van der Waals surface area contributed by atoms with Crippen LogP contribution in [0.3, 0.4) is 0 Å². The van der Waals surface area contributed by atoms with E-state index in [-0.39, 0.29) is 6.61 Å². The van der Waals surface area contributed by atoms with Crippen molar-refractivity contribution in [2.24, 2.45) is 0 Å². The van der Waals surface area contributed by atoms with E-state index in [1.54, 1.807) is 0 Å². The Balaban J connectivity index is 2.10. The first kappa shape index (κ1) is 18.0. The van der Waals surface area contributed by atoms with Crippen LogP contribution in [0.25, 0.3) is 10.9 Å². The fourth-order valence-corrected chi connectivity index (χ4v) is 3.17. The Kier molecular flexibility index (Phi) is 6.63. The Hall–Kier alpha value is -1.36. The fourth-order valence-electron chi connectivity index (χ4n) is 3.00. The van der Waals surface area contributed by atoms with E-state index in [9.17, 15) is 0 Å². The topological polar surface area (TPSA) is 62.4 Å². The highest BCUT2D eigenvalue weighted by Gasteiger charge is 2.12. The highest BCUT2D eigenvalue weighted by atomic mass is 35.5. The number of nitrogen functional groups attached to an aromatic ring is 1. The number of aliphatic hydroxyl groups is 1. The Labute approximate surface area is 143 Å². The number of hydrogen-bond donors (Lipinski definition) is 2. The number of fused-ring (bicyclic) bond motifs is 1. The van der Waals surface area contributed by atoms with Crippen LogP contribution in [0.5, 0.6) is 0 Å². The molecule has 126 valence electrons. The number of hydrogen-bond acceptors (Lipinski definition) is 4. The van der Waals surface area contributed by atoms with Crippen LogP contribution >= 0.6 is 11.6 Å². The molecule has 1 heterocycles. The van der Waals surface area contributed by atoms with Gasteiger partial charge in [-0.2, -0.15) is 0 Å². The minimum Gasteiger partial charge on any atom is -0.395 e. The lowest BCUT2D eigenvalue weighted by atomic mass is 9.93. The van der Waals surface area contributed by atoms with Crippen LogP contribution < -0.4 is 5.73 Å². The number of nitrogens with zero attached hydrogens (tertiary/aromatic N) is 2. The van der Waals surface area contributed by atoms with Crippen molar-refractivity contribution in [1.82, 2.24) is 9.88 Å². The molecular formula is C18H26ClN3O. The zero-order chi connectivity index (χ0) is 16.8. The van der Waals surface area contributed by atoms with Crippen LogP contribution in [0.1, 0.15) is 38.2 Å². The summed E-state index contributed by atoms with van der Waals surface area (Å²) in [5, 5.41) is 10.9. The molecule has 2 rings (SSSR count). The zero-order valence-corrected chi connectivity index (χ0v) is 14.7. The maximum atomic E-state index is 9.05. The predicted molar refractivity (Wildman–Crippen MR) is 98.0 cm³/mol. The van der Waals surface area contributed by atoms with Gasteiger partial charge < -0.3 is 15.7 Å². The third-order valence-electron chi connectivity index (χ3n) is 4.33. The van der Waals surface area contributed by atoms with Crippen LogP contribution in [0, 0.1) is 0 Å². The molecule has 0 aliphatic rings. The quantitative estimate of drug-likeness (QED) is 0.772. The first-order chi connectivity index (χ1) is 11.0. The summed E-state index contributed by atoms with van der Waals surface area (Å²) < 4.78 is 0. The molecule has 2 aromatic rings. The van der Waals surface area contributed by atoms with E-state index < -0.39 is 0 Å². The van der Waals surface area contributed by atoms with Gasteiger partial charge in [-0.1, -0.05) is 31.5 Å². The van der Waals surface area contributed by atoms with Crippen LogP contribution in [0.15, 0.2) is 24.3 Å². The number of aliphatic hydroxyl groups excluding tert-OH is 1. The van der Waals surface area contributed by atoms with Crippen molar-refractivity contribution in [3.8, 4) is 0 Å². The molecular weight excluding hydrogens is 310 g/mol. The van der Waals surface area contributed by atoms with Crippen molar-refractivity contribution < 1.29 is 5.11 Å². The van der Waals surface area contributed by atoms with Crippen molar-refractivity contribution in [3.63, 3.8) is 0 Å². The lowest BCUT2D eigenvalue weighted by Gasteiger charge is -2.21. The van der Waals surface area contributed by atoms with Gasteiger partial charge in [-0.25, -0.2) is 4.98 Å². The molecule has 1 unspecified atom stereocenters. The summed E-state index contributed by atoms with van der Waals surface area (Å²) in [5.41, 5.74) is 8.05. The number of aromatic nitrogens is 1. The molecule has 0 spiro atoms. The summed E-state index contributed by atoms with van der Waals surface area (Å²) in [4.78, 5) is 6.65. The molecule has 0 saturated heterocycles. The summed E-state index contributed by atoms with van der Waals surface area (Å²) >= 11 is 6.06. The molecule has 0 saturated carbocycles. The molecule has 0 fully saturated rings. The van der Waals surface area contributed by atoms with Gasteiger partial charge in [0.1, 0.15) is 5.82 Å². The van der Waals surface area contributed by atoms with Crippen LogP contribution in [-0.4, -0.2) is 41.2 Å². The van der Waals surface area contributed by atoms with Crippen LogP contribution in [0.4, 0.5) is 5.82 Å². The second-order valence-corrected chi connectivity index (χ2v) is 6.44. The smallest absolute Gasteiger partial charge is 0.124 e. The minimum absolute atomic E-state index is 0.218. The van der Waals surface area contributed by atoms with Crippen molar-refractivity contribution in [3.05, 3.63) is 34.9 Å². The fraction of sp³-hybridized carbons (Fsp3) is 0.500. The number of anilines is 1. The lowest BCUT2D eigenvalue weighted by Crippen LogP contribution is -2.27. The molecule has 23 heavy (non-hydrogen) atoms. The van der Waals surface area contributed by atoms with Gasteiger partial charge in [0, 0.05) is 17.0 Å². The first-order valence-electron chi connectivity index (χ1n) is 8.24.